The molecule has 0 fully saturated rings. The van der Waals surface area contributed by atoms with Crippen LogP contribution in [0, 0.1) is 6.92 Å². The summed E-state index contributed by atoms with van der Waals surface area (Å²) in [6.45, 7) is 3.52. The molecular formula is C18H25N5O. The van der Waals surface area contributed by atoms with Gasteiger partial charge in [-0.25, -0.2) is 0 Å². The van der Waals surface area contributed by atoms with Gasteiger partial charge in [0.25, 0.3) is 0 Å². The molecule has 0 radical (unpaired) electrons. The minimum atomic E-state index is -0.638. The fraction of sp³-hybridized carbons (Fsp3) is 0.500. The van der Waals surface area contributed by atoms with E-state index in [-0.39, 0.29) is 5.91 Å². The largest absolute Gasteiger partial charge is 0.354 e. The zero-order valence-corrected chi connectivity index (χ0v) is 14.2. The van der Waals surface area contributed by atoms with Gasteiger partial charge in [-0.05, 0) is 25.3 Å². The number of aromatic nitrogens is 3. The van der Waals surface area contributed by atoms with Gasteiger partial charge in [-0.15, -0.1) is 10.2 Å². The lowest BCUT2D eigenvalue weighted by atomic mass is 10.1. The molecule has 6 nitrogen and oxygen atoms in total. The van der Waals surface area contributed by atoms with E-state index in [1.54, 1.807) is 0 Å². The second-order valence-electron chi connectivity index (χ2n) is 6.42. The number of hydrogen-bond donors (Lipinski definition) is 2. The van der Waals surface area contributed by atoms with E-state index in [9.17, 15) is 4.79 Å². The zero-order valence-electron chi connectivity index (χ0n) is 14.2. The second kappa shape index (κ2) is 7.57. The number of amides is 1. The van der Waals surface area contributed by atoms with Crippen LogP contribution < -0.4 is 11.1 Å². The van der Waals surface area contributed by atoms with Crippen molar-refractivity contribution in [2.45, 2.75) is 51.6 Å². The first kappa shape index (κ1) is 16.6. The van der Waals surface area contributed by atoms with E-state index in [1.165, 1.54) is 19.3 Å². The Bertz CT molecular complexity index is 692. The van der Waals surface area contributed by atoms with Crippen LogP contribution in [-0.2, 0) is 24.2 Å². The first-order valence-corrected chi connectivity index (χ1v) is 8.66. The number of nitrogens with one attached hydrogen (secondary N) is 1. The average molecular weight is 327 g/mol. The number of nitrogens with zero attached hydrogens (tertiary/aromatic N) is 3. The van der Waals surface area contributed by atoms with Crippen molar-refractivity contribution in [1.29, 1.82) is 0 Å². The lowest BCUT2D eigenvalue weighted by Gasteiger charge is -2.13. The molecule has 24 heavy (non-hydrogen) atoms. The van der Waals surface area contributed by atoms with E-state index >= 15 is 0 Å². The van der Waals surface area contributed by atoms with Crippen LogP contribution in [-0.4, -0.2) is 27.2 Å². The van der Waals surface area contributed by atoms with Gasteiger partial charge in [0, 0.05) is 25.9 Å². The zero-order chi connectivity index (χ0) is 16.9. The van der Waals surface area contributed by atoms with Crippen molar-refractivity contribution in [3.63, 3.8) is 0 Å². The maximum absolute atomic E-state index is 12.2. The summed E-state index contributed by atoms with van der Waals surface area (Å²) >= 11 is 0. The summed E-state index contributed by atoms with van der Waals surface area (Å²) < 4.78 is 2.21. The van der Waals surface area contributed by atoms with Crippen LogP contribution in [0.25, 0.3) is 0 Å². The summed E-state index contributed by atoms with van der Waals surface area (Å²) in [5.74, 6) is 1.87. The van der Waals surface area contributed by atoms with E-state index in [0.717, 1.165) is 35.7 Å². The van der Waals surface area contributed by atoms with Gasteiger partial charge >= 0.3 is 0 Å². The van der Waals surface area contributed by atoms with E-state index < -0.39 is 6.04 Å². The lowest BCUT2D eigenvalue weighted by Crippen LogP contribution is -2.35. The van der Waals surface area contributed by atoms with Gasteiger partial charge in [-0.1, -0.05) is 36.2 Å². The van der Waals surface area contributed by atoms with Crippen molar-refractivity contribution in [2.24, 2.45) is 5.73 Å². The summed E-state index contributed by atoms with van der Waals surface area (Å²) in [4.78, 5) is 12.2. The third kappa shape index (κ3) is 3.82. The third-order valence-electron chi connectivity index (χ3n) is 4.55. The summed E-state index contributed by atoms with van der Waals surface area (Å²) in [6.07, 6.45) is 5.27. The number of rotatable bonds is 5. The van der Waals surface area contributed by atoms with Crippen LogP contribution in [0.1, 0.15) is 48.1 Å². The van der Waals surface area contributed by atoms with Crippen LogP contribution in [0.4, 0.5) is 0 Å². The summed E-state index contributed by atoms with van der Waals surface area (Å²) in [6, 6.07) is 7.10. The Morgan fingerprint density at radius 2 is 2.04 bits per heavy atom. The monoisotopic (exact) mass is 327 g/mol. The molecule has 1 aliphatic heterocycles. The quantitative estimate of drug-likeness (QED) is 0.875. The molecule has 2 heterocycles. The number of benzene rings is 1. The van der Waals surface area contributed by atoms with Gasteiger partial charge in [0.05, 0.1) is 0 Å². The molecule has 3 rings (SSSR count). The lowest BCUT2D eigenvalue weighted by molar-refractivity contribution is -0.122. The highest BCUT2D eigenvalue weighted by Crippen LogP contribution is 2.15. The van der Waals surface area contributed by atoms with Crippen molar-refractivity contribution in [2.75, 3.05) is 6.54 Å². The first-order valence-electron chi connectivity index (χ1n) is 8.66. The summed E-state index contributed by atoms with van der Waals surface area (Å²) in [5.41, 5.74) is 8.01. The topological polar surface area (TPSA) is 85.8 Å². The Balaban J connectivity index is 1.53. The molecule has 1 unspecified atom stereocenters. The van der Waals surface area contributed by atoms with Gasteiger partial charge in [0.2, 0.25) is 5.91 Å². The fourth-order valence-corrected chi connectivity index (χ4v) is 3.06. The normalized spacial score (nSPS) is 15.4. The third-order valence-corrected chi connectivity index (χ3v) is 4.55. The van der Waals surface area contributed by atoms with Crippen LogP contribution in [0.5, 0.6) is 0 Å². The van der Waals surface area contributed by atoms with Gasteiger partial charge in [0.1, 0.15) is 17.7 Å². The van der Waals surface area contributed by atoms with E-state index in [1.807, 2.05) is 31.2 Å². The summed E-state index contributed by atoms with van der Waals surface area (Å²) in [7, 11) is 0. The number of carbonyl (C=O) groups excluding carboxylic acids is 1. The highest BCUT2D eigenvalue weighted by molar-refractivity contribution is 5.82. The van der Waals surface area contributed by atoms with Gasteiger partial charge in [-0.2, -0.15) is 0 Å². The average Bonchev–Trinajstić information content (AvgIpc) is 2.81. The van der Waals surface area contributed by atoms with Crippen molar-refractivity contribution in [3.8, 4) is 0 Å². The van der Waals surface area contributed by atoms with Crippen molar-refractivity contribution in [3.05, 3.63) is 47.0 Å². The SMILES string of the molecule is Cc1ccc(C(N)C(=O)NCCc2nnc3n2CCCCC3)cc1. The molecule has 1 aromatic heterocycles. The summed E-state index contributed by atoms with van der Waals surface area (Å²) in [5, 5.41) is 11.5. The molecule has 0 bridgehead atoms. The predicted molar refractivity (Wildman–Crippen MR) is 92.4 cm³/mol. The molecule has 128 valence electrons. The Hall–Kier alpha value is -2.21. The molecule has 0 saturated heterocycles. The number of fused-ring (bicyclic) bond motifs is 1. The Kier molecular flexibility index (Phi) is 5.25. The number of nitrogens with two attached hydrogens (primary N) is 1. The second-order valence-corrected chi connectivity index (χ2v) is 6.42. The van der Waals surface area contributed by atoms with Gasteiger partial charge < -0.3 is 15.6 Å². The van der Waals surface area contributed by atoms with Crippen LogP contribution in [0.3, 0.4) is 0 Å². The molecule has 1 aliphatic rings. The van der Waals surface area contributed by atoms with Crippen molar-refractivity contribution >= 4 is 5.91 Å². The van der Waals surface area contributed by atoms with Crippen LogP contribution >= 0.6 is 0 Å². The van der Waals surface area contributed by atoms with Crippen molar-refractivity contribution < 1.29 is 4.79 Å². The molecule has 3 N–H and O–H groups in total. The molecule has 2 aromatic rings. The number of carbonyl (C=O) groups is 1. The van der Waals surface area contributed by atoms with Crippen LogP contribution in [0.2, 0.25) is 0 Å². The maximum atomic E-state index is 12.2. The standard InChI is InChI=1S/C18H25N5O/c1-13-6-8-14(9-7-13)17(19)18(24)20-11-10-16-22-21-15-5-3-2-4-12-23(15)16/h6-9,17H,2-5,10-12,19H2,1H3,(H,20,24). The van der Waals surface area contributed by atoms with Gasteiger partial charge in [0.15, 0.2) is 0 Å². The highest BCUT2D eigenvalue weighted by atomic mass is 16.2. The smallest absolute Gasteiger partial charge is 0.241 e. The fourth-order valence-electron chi connectivity index (χ4n) is 3.06. The Labute approximate surface area is 142 Å². The van der Waals surface area contributed by atoms with E-state index in [2.05, 4.69) is 20.1 Å². The Morgan fingerprint density at radius 3 is 2.83 bits per heavy atom. The number of hydrogen-bond acceptors (Lipinski definition) is 4. The van der Waals surface area contributed by atoms with E-state index in [4.69, 9.17) is 5.73 Å². The molecule has 0 saturated carbocycles. The first-order chi connectivity index (χ1) is 11.6. The molecule has 6 heteroatoms. The predicted octanol–water partition coefficient (Wildman–Crippen LogP) is 1.67. The van der Waals surface area contributed by atoms with Gasteiger partial charge in [-0.3, -0.25) is 4.79 Å². The highest BCUT2D eigenvalue weighted by Gasteiger charge is 2.17. The molecule has 0 aliphatic carbocycles. The van der Waals surface area contributed by atoms with E-state index in [0.29, 0.717) is 13.0 Å². The number of aryl methyl sites for hydroxylation is 2. The Morgan fingerprint density at radius 1 is 1.25 bits per heavy atom. The molecule has 1 amide bonds. The molecule has 0 spiro atoms. The molecular weight excluding hydrogens is 302 g/mol. The van der Waals surface area contributed by atoms with Crippen LogP contribution in [0.15, 0.2) is 24.3 Å². The maximum Gasteiger partial charge on any atom is 0.241 e. The van der Waals surface area contributed by atoms with Crippen molar-refractivity contribution in [1.82, 2.24) is 20.1 Å². The minimum Gasteiger partial charge on any atom is -0.354 e. The molecule has 1 atom stereocenters. The molecule has 1 aromatic carbocycles. The minimum absolute atomic E-state index is 0.158.